The molecule has 0 radical (unpaired) electrons. The second-order valence-electron chi connectivity index (χ2n) is 5.85. The van der Waals surface area contributed by atoms with Crippen molar-refractivity contribution in [3.05, 3.63) is 66.6 Å². The molecule has 1 aliphatic rings. The summed E-state index contributed by atoms with van der Waals surface area (Å²) in [5, 5.41) is 6.62. The van der Waals surface area contributed by atoms with Crippen molar-refractivity contribution in [1.82, 2.24) is 21.0 Å². The number of hydrogen-bond acceptors (Lipinski definition) is 6. The van der Waals surface area contributed by atoms with Gasteiger partial charge in [-0.2, -0.15) is 0 Å². The summed E-state index contributed by atoms with van der Waals surface area (Å²) in [6.45, 7) is 0. The minimum Gasteiger partial charge on any atom is -0.356 e. The molecule has 4 rings (SSSR count). The van der Waals surface area contributed by atoms with Crippen LogP contribution in [-0.4, -0.2) is 22.1 Å². The van der Waals surface area contributed by atoms with Crippen LogP contribution >= 0.6 is 0 Å². The zero-order valence-corrected chi connectivity index (χ0v) is 13.3. The molecule has 3 N–H and O–H groups in total. The fourth-order valence-electron chi connectivity index (χ4n) is 2.85. The quantitative estimate of drug-likeness (QED) is 0.677. The minimum absolute atomic E-state index is 0.0727. The Kier molecular flexibility index (Phi) is 4.24. The number of pyridine rings is 1. The van der Waals surface area contributed by atoms with Crippen LogP contribution in [0.4, 0.5) is 5.69 Å². The van der Waals surface area contributed by atoms with Crippen LogP contribution in [-0.2, 0) is 4.79 Å². The van der Waals surface area contributed by atoms with Crippen LogP contribution in [0.25, 0.3) is 11.3 Å². The molecule has 1 amide bonds. The van der Waals surface area contributed by atoms with Gasteiger partial charge in [-0.3, -0.25) is 9.78 Å². The van der Waals surface area contributed by atoms with Gasteiger partial charge >= 0.3 is 0 Å². The molecular weight excluding hydrogens is 318 g/mol. The van der Waals surface area contributed by atoms with Gasteiger partial charge in [0.2, 0.25) is 5.91 Å². The molecule has 25 heavy (non-hydrogen) atoms. The van der Waals surface area contributed by atoms with E-state index in [1.165, 1.54) is 0 Å². The Bertz CT molecular complexity index is 834. The Morgan fingerprint density at radius 3 is 2.56 bits per heavy atom. The molecule has 0 aliphatic carbocycles. The van der Waals surface area contributed by atoms with E-state index in [1.807, 2.05) is 36.4 Å². The summed E-state index contributed by atoms with van der Waals surface area (Å²) >= 11 is 0. The number of nitrogens with one attached hydrogen (secondary N) is 3. The van der Waals surface area contributed by atoms with Gasteiger partial charge in [-0.05, 0) is 48.4 Å². The maximum absolute atomic E-state index is 12.5. The molecule has 126 valence electrons. The maximum Gasteiger partial charge on any atom is 0.242 e. The van der Waals surface area contributed by atoms with Crippen molar-refractivity contribution >= 4 is 11.6 Å². The van der Waals surface area contributed by atoms with Crippen molar-refractivity contribution in [2.24, 2.45) is 0 Å². The standard InChI is InChI=1S/C18H17N5O2/c24-18(16-11-15(22-23-16)12-5-8-19-9-6-12)21-14-3-1-13(2-4-14)17-7-10-20-25-17/h1-10,15-16,22-23H,11H2,(H,21,24). The van der Waals surface area contributed by atoms with Crippen LogP contribution in [0.1, 0.15) is 18.0 Å². The van der Waals surface area contributed by atoms with E-state index >= 15 is 0 Å². The molecule has 2 aromatic heterocycles. The van der Waals surface area contributed by atoms with Gasteiger partial charge in [-0.25, -0.2) is 10.9 Å². The summed E-state index contributed by atoms with van der Waals surface area (Å²) < 4.78 is 5.12. The summed E-state index contributed by atoms with van der Waals surface area (Å²) in [7, 11) is 0. The first-order valence-corrected chi connectivity index (χ1v) is 8.02. The fourth-order valence-corrected chi connectivity index (χ4v) is 2.85. The number of carbonyl (C=O) groups is 1. The number of anilines is 1. The second kappa shape index (κ2) is 6.84. The SMILES string of the molecule is O=C(Nc1ccc(-c2ccno2)cc1)C1CC(c2ccncc2)NN1. The summed E-state index contributed by atoms with van der Waals surface area (Å²) in [4.78, 5) is 16.5. The molecule has 0 bridgehead atoms. The number of carbonyl (C=O) groups excluding carboxylic acids is 1. The predicted octanol–water partition coefficient (Wildman–Crippen LogP) is 2.28. The molecule has 1 aromatic carbocycles. The van der Waals surface area contributed by atoms with Gasteiger partial charge in [0.1, 0.15) is 6.04 Å². The lowest BCUT2D eigenvalue weighted by Crippen LogP contribution is -2.39. The molecule has 7 nitrogen and oxygen atoms in total. The third kappa shape index (κ3) is 3.42. The molecule has 0 spiro atoms. The molecule has 1 saturated heterocycles. The molecular formula is C18H17N5O2. The largest absolute Gasteiger partial charge is 0.356 e. The Hall–Kier alpha value is -3.03. The fraction of sp³-hybridized carbons (Fsp3) is 0.167. The lowest BCUT2D eigenvalue weighted by atomic mass is 10.0. The molecule has 3 heterocycles. The summed E-state index contributed by atoms with van der Waals surface area (Å²) in [5.41, 5.74) is 8.97. The summed E-state index contributed by atoms with van der Waals surface area (Å²) in [6.07, 6.45) is 5.77. The molecule has 7 heteroatoms. The van der Waals surface area contributed by atoms with Crippen LogP contribution in [0.3, 0.4) is 0 Å². The summed E-state index contributed by atoms with van der Waals surface area (Å²) in [6, 6.07) is 12.9. The van der Waals surface area contributed by atoms with Crippen LogP contribution < -0.4 is 16.2 Å². The third-order valence-corrected chi connectivity index (χ3v) is 4.20. The van der Waals surface area contributed by atoms with Gasteiger partial charge in [0.25, 0.3) is 0 Å². The Labute approximate surface area is 144 Å². The van der Waals surface area contributed by atoms with Crippen molar-refractivity contribution in [3.63, 3.8) is 0 Å². The van der Waals surface area contributed by atoms with Gasteiger partial charge in [0.15, 0.2) is 5.76 Å². The van der Waals surface area contributed by atoms with Gasteiger partial charge in [-0.1, -0.05) is 5.16 Å². The van der Waals surface area contributed by atoms with Crippen molar-refractivity contribution in [3.8, 4) is 11.3 Å². The number of benzene rings is 1. The van der Waals surface area contributed by atoms with Crippen molar-refractivity contribution in [2.75, 3.05) is 5.32 Å². The molecule has 1 aliphatic heterocycles. The van der Waals surface area contributed by atoms with E-state index in [-0.39, 0.29) is 18.0 Å². The van der Waals surface area contributed by atoms with Crippen LogP contribution in [0.15, 0.2) is 65.6 Å². The number of nitrogens with zero attached hydrogens (tertiary/aromatic N) is 2. The summed E-state index contributed by atoms with van der Waals surface area (Å²) in [5.74, 6) is 0.621. The predicted molar refractivity (Wildman–Crippen MR) is 92.2 cm³/mol. The minimum atomic E-state index is -0.299. The highest BCUT2D eigenvalue weighted by Gasteiger charge is 2.30. The van der Waals surface area contributed by atoms with Crippen LogP contribution in [0.2, 0.25) is 0 Å². The number of amides is 1. The van der Waals surface area contributed by atoms with Crippen molar-refractivity contribution in [2.45, 2.75) is 18.5 Å². The normalized spacial score (nSPS) is 19.7. The first-order valence-electron chi connectivity index (χ1n) is 8.02. The van der Waals surface area contributed by atoms with E-state index in [2.05, 4.69) is 26.3 Å². The molecule has 2 atom stereocenters. The monoisotopic (exact) mass is 335 g/mol. The van der Waals surface area contributed by atoms with Crippen molar-refractivity contribution in [1.29, 1.82) is 0 Å². The topological polar surface area (TPSA) is 92.1 Å². The Morgan fingerprint density at radius 2 is 1.84 bits per heavy atom. The van der Waals surface area contributed by atoms with Crippen molar-refractivity contribution < 1.29 is 9.32 Å². The van der Waals surface area contributed by atoms with Gasteiger partial charge in [-0.15, -0.1) is 0 Å². The number of aromatic nitrogens is 2. The third-order valence-electron chi connectivity index (χ3n) is 4.20. The van der Waals surface area contributed by atoms with E-state index < -0.39 is 0 Å². The van der Waals surface area contributed by atoms with E-state index in [4.69, 9.17) is 4.52 Å². The number of rotatable bonds is 4. The zero-order valence-electron chi connectivity index (χ0n) is 13.3. The van der Waals surface area contributed by atoms with Crippen LogP contribution in [0, 0.1) is 0 Å². The van der Waals surface area contributed by atoms with Crippen LogP contribution in [0.5, 0.6) is 0 Å². The lowest BCUT2D eigenvalue weighted by molar-refractivity contribution is -0.117. The first-order chi connectivity index (χ1) is 12.3. The average molecular weight is 335 g/mol. The zero-order chi connectivity index (χ0) is 17.1. The van der Waals surface area contributed by atoms with Gasteiger partial charge in [0.05, 0.1) is 6.20 Å². The molecule has 0 saturated carbocycles. The van der Waals surface area contributed by atoms with Gasteiger partial charge < -0.3 is 9.84 Å². The first kappa shape index (κ1) is 15.5. The maximum atomic E-state index is 12.5. The van der Waals surface area contributed by atoms with E-state index in [0.717, 1.165) is 16.8 Å². The van der Waals surface area contributed by atoms with Gasteiger partial charge in [0, 0.05) is 35.8 Å². The Morgan fingerprint density at radius 1 is 1.04 bits per heavy atom. The van der Waals surface area contributed by atoms with E-state index in [9.17, 15) is 4.79 Å². The number of hydrogen-bond donors (Lipinski definition) is 3. The highest BCUT2D eigenvalue weighted by atomic mass is 16.5. The highest BCUT2D eigenvalue weighted by Crippen LogP contribution is 2.23. The molecule has 3 aromatic rings. The second-order valence-corrected chi connectivity index (χ2v) is 5.85. The average Bonchev–Trinajstić information content (AvgIpc) is 3.35. The highest BCUT2D eigenvalue weighted by molar-refractivity contribution is 5.95. The number of hydrazine groups is 1. The molecule has 1 fully saturated rings. The molecule has 2 unspecified atom stereocenters. The lowest BCUT2D eigenvalue weighted by Gasteiger charge is -2.11. The van der Waals surface area contributed by atoms with E-state index in [1.54, 1.807) is 24.7 Å². The smallest absolute Gasteiger partial charge is 0.242 e. The van der Waals surface area contributed by atoms with E-state index in [0.29, 0.717) is 12.2 Å². The Balaban J connectivity index is 1.38.